The van der Waals surface area contributed by atoms with Crippen molar-refractivity contribution in [3.05, 3.63) is 144 Å². The van der Waals surface area contributed by atoms with Crippen LogP contribution >= 0.6 is 0 Å². The van der Waals surface area contributed by atoms with Gasteiger partial charge in [0.15, 0.2) is 0 Å². The van der Waals surface area contributed by atoms with Crippen molar-refractivity contribution in [3.63, 3.8) is 0 Å². The van der Waals surface area contributed by atoms with Crippen LogP contribution in [0.5, 0.6) is 11.5 Å². The van der Waals surface area contributed by atoms with Gasteiger partial charge in [-0.25, -0.2) is 4.79 Å². The van der Waals surface area contributed by atoms with Crippen molar-refractivity contribution in [3.8, 4) is 22.6 Å². The van der Waals surface area contributed by atoms with Crippen molar-refractivity contribution in [1.82, 2.24) is 5.32 Å². The molecule has 5 aromatic rings. The van der Waals surface area contributed by atoms with Gasteiger partial charge in [-0.3, -0.25) is 9.59 Å². The molecular weight excluding hydrogens is 599 g/mol. The summed E-state index contributed by atoms with van der Waals surface area (Å²) < 4.78 is 5.88. The van der Waals surface area contributed by atoms with Gasteiger partial charge in [0.05, 0.1) is 11.3 Å². The zero-order valence-electron chi connectivity index (χ0n) is 27.5. The van der Waals surface area contributed by atoms with Crippen LogP contribution in [0.2, 0.25) is 6.82 Å². The van der Waals surface area contributed by atoms with E-state index in [9.17, 15) is 19.5 Å². The van der Waals surface area contributed by atoms with Gasteiger partial charge in [0.25, 0.3) is 11.8 Å². The molecule has 5 aromatic carbocycles. The second-order valence-electron chi connectivity index (χ2n) is 12.6. The molecule has 0 saturated carbocycles. The molecule has 0 heterocycles. The van der Waals surface area contributed by atoms with E-state index in [0.717, 1.165) is 39.2 Å². The third-order valence-corrected chi connectivity index (χ3v) is 8.05. The third kappa shape index (κ3) is 8.59. The van der Waals surface area contributed by atoms with E-state index in [1.807, 2.05) is 105 Å². The van der Waals surface area contributed by atoms with E-state index in [0.29, 0.717) is 5.56 Å². The number of rotatable bonds is 11. The summed E-state index contributed by atoms with van der Waals surface area (Å²) in [4.78, 5) is 39.0. The van der Waals surface area contributed by atoms with Crippen LogP contribution in [0.4, 0.5) is 5.69 Å². The number of benzene rings is 5. The fourth-order valence-electron chi connectivity index (χ4n) is 5.20. The molecule has 3 N–H and O–H groups in total. The minimum Gasteiger partial charge on any atom is -0.480 e. The topological polar surface area (TPSA) is 105 Å². The van der Waals surface area contributed by atoms with E-state index in [1.54, 1.807) is 30.3 Å². The first-order chi connectivity index (χ1) is 23.0. The Kier molecular flexibility index (Phi) is 10.4. The summed E-state index contributed by atoms with van der Waals surface area (Å²) in [6.45, 7) is 8.13. The molecule has 0 spiro atoms. The first kappa shape index (κ1) is 33.7. The molecule has 7 nitrogen and oxygen atoms in total. The molecule has 1 atom stereocenters. The lowest BCUT2D eigenvalue weighted by atomic mass is 9.73. The Bertz CT molecular complexity index is 1880. The lowest BCUT2D eigenvalue weighted by Gasteiger charge is -2.19. The molecule has 48 heavy (non-hydrogen) atoms. The van der Waals surface area contributed by atoms with Crippen LogP contribution in [-0.2, 0) is 16.6 Å². The summed E-state index contributed by atoms with van der Waals surface area (Å²) in [7, 11) is 1.83. The number of carboxylic acid groups (broad SMARTS) is 1. The minimum atomic E-state index is -1.19. The average molecular weight is 638 g/mol. The van der Waals surface area contributed by atoms with Crippen molar-refractivity contribution >= 4 is 36.2 Å². The van der Waals surface area contributed by atoms with Crippen molar-refractivity contribution in [1.29, 1.82) is 0 Å². The molecule has 5 rings (SSSR count). The first-order valence-electron chi connectivity index (χ1n) is 15.8. The second-order valence-corrected chi connectivity index (χ2v) is 12.6. The standard InChI is InChI=1S/C40H38BN2O5/c1-40(2,3)30-18-14-29(15-19-30)37(44)42-35-23-20-31(41-4)25-34(35)38(45)43-36(39(46)47)24-26-10-12-27(13-11-26)28-16-21-33(22-17-28)48-32-8-6-5-7-9-32/h5-23,25,36H,24H2,1-4H3,(H,42,44)(H,43,45)(H,46,47)/t36-/m0/s1. The Morgan fingerprint density at radius 2 is 1.35 bits per heavy atom. The number of anilines is 1. The normalized spacial score (nSPS) is 11.7. The summed E-state index contributed by atoms with van der Waals surface area (Å²) in [5.41, 5.74) is 5.40. The average Bonchev–Trinajstić information content (AvgIpc) is 3.09. The number of nitrogens with one attached hydrogen (secondary N) is 2. The summed E-state index contributed by atoms with van der Waals surface area (Å²) >= 11 is 0. The maximum absolute atomic E-state index is 13.5. The number of hydrogen-bond acceptors (Lipinski definition) is 4. The Hall–Kier alpha value is -5.63. The van der Waals surface area contributed by atoms with Gasteiger partial charge in [-0.05, 0) is 70.1 Å². The molecule has 0 saturated heterocycles. The predicted molar refractivity (Wildman–Crippen MR) is 192 cm³/mol. The fraction of sp³-hybridized carbons (Fsp3) is 0.175. The van der Waals surface area contributed by atoms with Crippen LogP contribution in [-0.4, -0.2) is 36.2 Å². The monoisotopic (exact) mass is 637 g/mol. The van der Waals surface area contributed by atoms with Crippen LogP contribution in [0.1, 0.15) is 52.6 Å². The van der Waals surface area contributed by atoms with E-state index < -0.39 is 17.9 Å². The smallest absolute Gasteiger partial charge is 0.326 e. The third-order valence-electron chi connectivity index (χ3n) is 8.05. The molecule has 241 valence electrons. The highest BCUT2D eigenvalue weighted by Gasteiger charge is 2.24. The summed E-state index contributed by atoms with van der Waals surface area (Å²) in [5.74, 6) is -0.649. The van der Waals surface area contributed by atoms with Crippen LogP contribution in [0, 0.1) is 0 Å². The summed E-state index contributed by atoms with van der Waals surface area (Å²) in [5, 5.41) is 15.5. The maximum Gasteiger partial charge on any atom is 0.326 e. The molecule has 1 radical (unpaired) electrons. The van der Waals surface area contributed by atoms with E-state index in [4.69, 9.17) is 4.74 Å². The Balaban J connectivity index is 1.27. The van der Waals surface area contributed by atoms with E-state index in [1.165, 1.54) is 0 Å². The number of carbonyl (C=O) groups excluding carboxylic acids is 2. The SMILES string of the molecule is C[B]c1ccc(NC(=O)c2ccc(C(C)(C)C)cc2)c(C(=O)N[C@@H](Cc2ccc(-c3ccc(Oc4ccccc4)cc3)cc2)C(=O)O)c1. The molecule has 0 fully saturated rings. The van der Waals surface area contributed by atoms with Gasteiger partial charge >= 0.3 is 5.97 Å². The number of aliphatic carboxylic acids is 1. The van der Waals surface area contributed by atoms with Crippen molar-refractivity contribution in [2.24, 2.45) is 0 Å². The van der Waals surface area contributed by atoms with Crippen LogP contribution in [0.25, 0.3) is 11.1 Å². The molecule has 2 amide bonds. The van der Waals surface area contributed by atoms with Crippen LogP contribution < -0.4 is 20.8 Å². The molecular formula is C40H38BN2O5. The van der Waals surface area contributed by atoms with Crippen LogP contribution in [0.15, 0.2) is 121 Å². The summed E-state index contributed by atoms with van der Waals surface area (Å²) in [6, 6.07) is 36.1. The molecule has 0 aliphatic heterocycles. The highest BCUT2D eigenvalue weighted by molar-refractivity contribution is 6.52. The lowest BCUT2D eigenvalue weighted by Crippen LogP contribution is -2.42. The predicted octanol–water partition coefficient (Wildman–Crippen LogP) is 7.50. The Morgan fingerprint density at radius 1 is 0.750 bits per heavy atom. The number of hydrogen-bond donors (Lipinski definition) is 3. The minimum absolute atomic E-state index is 0.0551. The fourth-order valence-corrected chi connectivity index (χ4v) is 5.20. The number of carboxylic acids is 1. The zero-order chi connectivity index (χ0) is 34.3. The lowest BCUT2D eigenvalue weighted by molar-refractivity contribution is -0.139. The molecule has 0 aliphatic rings. The van der Waals surface area contributed by atoms with Gasteiger partial charge in [0.2, 0.25) is 0 Å². The number of para-hydroxylation sites is 1. The number of carbonyl (C=O) groups is 3. The van der Waals surface area contributed by atoms with Crippen LogP contribution in [0.3, 0.4) is 0 Å². The van der Waals surface area contributed by atoms with Crippen molar-refractivity contribution < 1.29 is 24.2 Å². The van der Waals surface area contributed by atoms with Gasteiger partial charge in [0.1, 0.15) is 24.8 Å². The Labute approximate surface area is 282 Å². The van der Waals surface area contributed by atoms with Gasteiger partial charge in [-0.15, -0.1) is 0 Å². The largest absolute Gasteiger partial charge is 0.480 e. The van der Waals surface area contributed by atoms with Gasteiger partial charge in [0, 0.05) is 12.0 Å². The first-order valence-corrected chi connectivity index (χ1v) is 15.8. The van der Waals surface area contributed by atoms with Crippen molar-refractivity contribution in [2.45, 2.75) is 45.5 Å². The van der Waals surface area contributed by atoms with E-state index in [2.05, 4.69) is 31.4 Å². The number of ether oxygens (including phenoxy) is 1. The van der Waals surface area contributed by atoms with E-state index in [-0.39, 0.29) is 29.0 Å². The quantitative estimate of drug-likeness (QED) is 0.130. The molecule has 8 heteroatoms. The molecule has 0 bridgehead atoms. The highest BCUT2D eigenvalue weighted by Crippen LogP contribution is 2.27. The highest BCUT2D eigenvalue weighted by atomic mass is 16.5. The molecule has 0 unspecified atom stereocenters. The maximum atomic E-state index is 13.5. The number of amides is 2. The van der Waals surface area contributed by atoms with Crippen molar-refractivity contribution in [2.75, 3.05) is 5.32 Å². The zero-order valence-corrected chi connectivity index (χ0v) is 27.5. The second kappa shape index (κ2) is 14.9. The summed E-state index contributed by atoms with van der Waals surface area (Å²) in [6.07, 6.45) is 0.0760. The Morgan fingerprint density at radius 3 is 1.94 bits per heavy atom. The van der Waals surface area contributed by atoms with E-state index >= 15 is 0 Å². The molecule has 0 aliphatic carbocycles. The molecule has 0 aromatic heterocycles. The van der Waals surface area contributed by atoms with Gasteiger partial charge in [-0.1, -0.05) is 112 Å². The van der Waals surface area contributed by atoms with Gasteiger partial charge in [-0.2, -0.15) is 0 Å². The van der Waals surface area contributed by atoms with Gasteiger partial charge < -0.3 is 20.5 Å².